The summed E-state index contributed by atoms with van der Waals surface area (Å²) in [6.45, 7) is 5.80. The van der Waals surface area contributed by atoms with Crippen LogP contribution in [0.4, 0.5) is 0 Å². The predicted octanol–water partition coefficient (Wildman–Crippen LogP) is 11.6. The van der Waals surface area contributed by atoms with Crippen molar-refractivity contribution in [1.82, 2.24) is 0 Å². The van der Waals surface area contributed by atoms with E-state index in [9.17, 15) is 9.59 Å². The van der Waals surface area contributed by atoms with Crippen molar-refractivity contribution in [3.8, 4) is 17.2 Å². The SMILES string of the molecule is CCCCCCCCCCCCCCOc1ccc(OC(=O)c2ccc(OCCCCCCCCCCCC)cc2)c(=O)cc1. The van der Waals surface area contributed by atoms with Crippen LogP contribution in [0.5, 0.6) is 17.2 Å². The van der Waals surface area contributed by atoms with Crippen LogP contribution in [-0.2, 0) is 0 Å². The van der Waals surface area contributed by atoms with Crippen molar-refractivity contribution in [2.45, 2.75) is 155 Å². The van der Waals surface area contributed by atoms with Crippen molar-refractivity contribution in [1.29, 1.82) is 0 Å². The molecule has 5 nitrogen and oxygen atoms in total. The second-order valence-corrected chi connectivity index (χ2v) is 12.5. The molecule has 0 fully saturated rings. The summed E-state index contributed by atoms with van der Waals surface area (Å²) in [5.41, 5.74) is 0.00986. The molecule has 2 aromatic carbocycles. The lowest BCUT2D eigenvalue weighted by Crippen LogP contribution is -2.13. The van der Waals surface area contributed by atoms with Crippen LogP contribution in [0.25, 0.3) is 0 Å². The van der Waals surface area contributed by atoms with Gasteiger partial charge in [0, 0.05) is 0 Å². The number of carbonyl (C=O) groups excluding carboxylic acids is 1. The first-order chi connectivity index (χ1) is 22.1. The van der Waals surface area contributed by atoms with E-state index in [-0.39, 0.29) is 11.2 Å². The van der Waals surface area contributed by atoms with E-state index in [2.05, 4.69) is 13.8 Å². The van der Waals surface area contributed by atoms with Gasteiger partial charge in [0.2, 0.25) is 5.43 Å². The molecule has 0 aromatic heterocycles. The zero-order chi connectivity index (χ0) is 32.2. The highest BCUT2D eigenvalue weighted by Gasteiger charge is 2.11. The van der Waals surface area contributed by atoms with E-state index in [4.69, 9.17) is 14.2 Å². The Hall–Kier alpha value is -2.82. The van der Waals surface area contributed by atoms with Crippen LogP contribution < -0.4 is 19.6 Å². The van der Waals surface area contributed by atoms with Gasteiger partial charge in [-0.3, -0.25) is 4.79 Å². The van der Waals surface area contributed by atoms with E-state index in [1.54, 1.807) is 36.4 Å². The Morgan fingerprint density at radius 2 is 0.822 bits per heavy atom. The van der Waals surface area contributed by atoms with Gasteiger partial charge in [-0.1, -0.05) is 142 Å². The van der Waals surface area contributed by atoms with Crippen LogP contribution in [0.15, 0.2) is 53.3 Å². The predicted molar refractivity (Wildman–Crippen MR) is 188 cm³/mol. The Morgan fingerprint density at radius 3 is 1.24 bits per heavy atom. The number of unbranched alkanes of at least 4 members (excludes halogenated alkanes) is 20. The molecule has 5 heteroatoms. The third kappa shape index (κ3) is 19.3. The first-order valence-electron chi connectivity index (χ1n) is 18.4. The fourth-order valence-electron chi connectivity index (χ4n) is 5.47. The van der Waals surface area contributed by atoms with Gasteiger partial charge in [0.05, 0.1) is 18.8 Å². The number of esters is 1. The first kappa shape index (κ1) is 38.4. The summed E-state index contributed by atoms with van der Waals surface area (Å²) in [6.07, 6.45) is 28.5. The third-order valence-electron chi connectivity index (χ3n) is 8.37. The zero-order valence-corrected chi connectivity index (χ0v) is 28.6. The van der Waals surface area contributed by atoms with Crippen molar-refractivity contribution < 1.29 is 19.0 Å². The summed E-state index contributed by atoms with van der Waals surface area (Å²) in [4.78, 5) is 25.2. The molecule has 2 rings (SSSR count). The standard InChI is InChI=1S/C40H62O5/c1-3-5-7-9-11-13-15-16-18-20-22-24-34-44-37-29-31-38(41)39(32-30-37)45-40(42)35-25-27-36(28-26-35)43-33-23-21-19-17-14-12-10-8-6-4-2/h25-32H,3-24,33-34H2,1-2H3. The molecule has 0 aliphatic rings. The highest BCUT2D eigenvalue weighted by atomic mass is 16.5. The molecule has 0 atom stereocenters. The highest BCUT2D eigenvalue weighted by molar-refractivity contribution is 5.91. The molecular weight excluding hydrogens is 560 g/mol. The largest absolute Gasteiger partial charge is 0.494 e. The topological polar surface area (TPSA) is 61.8 Å². The van der Waals surface area contributed by atoms with Gasteiger partial charge in [0.1, 0.15) is 11.5 Å². The van der Waals surface area contributed by atoms with Crippen LogP contribution >= 0.6 is 0 Å². The molecule has 0 aliphatic carbocycles. The number of hydrogen-bond donors (Lipinski definition) is 0. The Labute approximate surface area is 274 Å². The van der Waals surface area contributed by atoms with Crippen LogP contribution in [0.1, 0.15) is 165 Å². The van der Waals surface area contributed by atoms with E-state index >= 15 is 0 Å². The molecular formula is C40H62O5. The van der Waals surface area contributed by atoms with Gasteiger partial charge in [0.25, 0.3) is 0 Å². The molecule has 0 bridgehead atoms. The molecule has 252 valence electrons. The smallest absolute Gasteiger partial charge is 0.343 e. The fraction of sp³-hybridized carbons (Fsp3) is 0.650. The quantitative estimate of drug-likeness (QED) is 0.0698. The Bertz CT molecular complexity index is 1060. The second kappa shape index (κ2) is 26.4. The van der Waals surface area contributed by atoms with Gasteiger partial charge in [-0.15, -0.1) is 0 Å². The van der Waals surface area contributed by atoms with Gasteiger partial charge >= 0.3 is 5.97 Å². The molecule has 0 radical (unpaired) electrons. The summed E-state index contributed by atoms with van der Waals surface area (Å²) in [5.74, 6) is 0.745. The Kier molecular flexibility index (Phi) is 22.5. The minimum atomic E-state index is -0.571. The molecule has 45 heavy (non-hydrogen) atoms. The molecule has 0 saturated heterocycles. The number of hydrogen-bond acceptors (Lipinski definition) is 5. The third-order valence-corrected chi connectivity index (χ3v) is 8.37. The van der Waals surface area contributed by atoms with Gasteiger partial charge in [-0.2, -0.15) is 0 Å². The van der Waals surface area contributed by atoms with Crippen LogP contribution in [0.3, 0.4) is 0 Å². The average Bonchev–Trinajstić information content (AvgIpc) is 3.22. The van der Waals surface area contributed by atoms with Crippen LogP contribution in [-0.4, -0.2) is 19.2 Å². The summed E-state index contributed by atoms with van der Waals surface area (Å²) < 4.78 is 17.1. The first-order valence-corrected chi connectivity index (χ1v) is 18.4. The minimum Gasteiger partial charge on any atom is -0.494 e. The van der Waals surface area contributed by atoms with E-state index < -0.39 is 5.97 Å². The van der Waals surface area contributed by atoms with Crippen molar-refractivity contribution in [2.75, 3.05) is 13.2 Å². The van der Waals surface area contributed by atoms with Crippen molar-refractivity contribution in [3.05, 3.63) is 64.3 Å². The van der Waals surface area contributed by atoms with Crippen molar-refractivity contribution >= 4 is 5.97 Å². The number of carbonyl (C=O) groups is 1. The molecule has 2 aromatic rings. The second-order valence-electron chi connectivity index (χ2n) is 12.5. The fourth-order valence-corrected chi connectivity index (χ4v) is 5.47. The van der Waals surface area contributed by atoms with E-state index in [0.717, 1.165) is 25.0 Å². The Balaban J connectivity index is 1.59. The maximum Gasteiger partial charge on any atom is 0.343 e. The Morgan fingerprint density at radius 1 is 0.467 bits per heavy atom. The summed E-state index contributed by atoms with van der Waals surface area (Å²) in [5, 5.41) is 0. The summed E-state index contributed by atoms with van der Waals surface area (Å²) in [6, 6.07) is 13.1. The highest BCUT2D eigenvalue weighted by Crippen LogP contribution is 2.18. The number of ether oxygens (including phenoxy) is 3. The van der Waals surface area contributed by atoms with Crippen molar-refractivity contribution in [2.24, 2.45) is 0 Å². The van der Waals surface area contributed by atoms with E-state index in [1.807, 2.05) is 0 Å². The zero-order valence-electron chi connectivity index (χ0n) is 28.6. The van der Waals surface area contributed by atoms with Gasteiger partial charge in [-0.05, 0) is 61.4 Å². The van der Waals surface area contributed by atoms with Crippen LogP contribution in [0, 0.1) is 0 Å². The van der Waals surface area contributed by atoms with Gasteiger partial charge in [0.15, 0.2) is 5.75 Å². The van der Waals surface area contributed by atoms with E-state index in [0.29, 0.717) is 24.5 Å². The monoisotopic (exact) mass is 622 g/mol. The normalized spacial score (nSPS) is 11.0. The van der Waals surface area contributed by atoms with Gasteiger partial charge in [-0.25, -0.2) is 4.79 Å². The van der Waals surface area contributed by atoms with Crippen LogP contribution in [0.2, 0.25) is 0 Å². The molecule has 0 heterocycles. The lowest BCUT2D eigenvalue weighted by atomic mass is 10.1. The molecule has 0 amide bonds. The van der Waals surface area contributed by atoms with Crippen molar-refractivity contribution in [3.63, 3.8) is 0 Å². The molecule has 0 N–H and O–H groups in total. The maximum absolute atomic E-state index is 12.7. The van der Waals surface area contributed by atoms with E-state index in [1.165, 1.54) is 134 Å². The molecule has 0 aliphatic heterocycles. The molecule has 0 unspecified atom stereocenters. The molecule has 0 saturated carbocycles. The minimum absolute atomic E-state index is 0.0125. The number of benzene rings is 1. The van der Waals surface area contributed by atoms with Gasteiger partial charge < -0.3 is 14.2 Å². The summed E-state index contributed by atoms with van der Waals surface area (Å²) >= 11 is 0. The lowest BCUT2D eigenvalue weighted by Gasteiger charge is -2.07. The molecule has 0 spiro atoms. The summed E-state index contributed by atoms with van der Waals surface area (Å²) in [7, 11) is 0. The number of rotatable bonds is 28. The average molecular weight is 623 g/mol. The lowest BCUT2D eigenvalue weighted by molar-refractivity contribution is 0.0733. The maximum atomic E-state index is 12.7.